The number of aromatic amines is 1. The third-order valence-electron chi connectivity index (χ3n) is 6.78. The van der Waals surface area contributed by atoms with E-state index < -0.39 is 0 Å². The molecule has 2 aromatic carbocycles. The van der Waals surface area contributed by atoms with Crippen molar-refractivity contribution >= 4 is 16.7 Å². The Morgan fingerprint density at radius 2 is 1.85 bits per heavy atom. The molecule has 0 bridgehead atoms. The lowest BCUT2D eigenvalue weighted by Gasteiger charge is -2.36. The molecule has 0 spiro atoms. The first kappa shape index (κ1) is 22.2. The van der Waals surface area contributed by atoms with Gasteiger partial charge in [0.25, 0.3) is 5.56 Å². The van der Waals surface area contributed by atoms with Crippen LogP contribution in [0.5, 0.6) is 5.75 Å². The summed E-state index contributed by atoms with van der Waals surface area (Å²) in [5.41, 5.74) is 4.13. The second-order valence-corrected chi connectivity index (χ2v) is 8.97. The predicted octanol–water partition coefficient (Wildman–Crippen LogP) is 3.62. The molecule has 0 aliphatic carbocycles. The van der Waals surface area contributed by atoms with E-state index >= 15 is 0 Å². The van der Waals surface area contributed by atoms with Crippen molar-refractivity contribution in [3.8, 4) is 22.8 Å². The Hall–Kier alpha value is -3.65. The SMILES string of the molecule is COc1cc(N(C)C2CCN(C)CC2)ccc1-c1nc2c(C)nn(-c3ccccc3)c2c(=O)[nH]1. The standard InChI is InChI=1S/C26H30N6O2/c1-17-23-24(32(29-17)19-8-6-5-7-9-19)26(33)28-25(27-23)21-11-10-20(16-22(21)34-4)31(3)18-12-14-30(2)15-13-18/h5-11,16,18H,12-15H2,1-4H3,(H,27,28,33). The lowest BCUT2D eigenvalue weighted by molar-refractivity contribution is 0.253. The Bertz CT molecular complexity index is 1370. The van der Waals surface area contributed by atoms with Crippen LogP contribution in [0.2, 0.25) is 0 Å². The molecule has 8 heteroatoms. The summed E-state index contributed by atoms with van der Waals surface area (Å²) in [6.07, 6.45) is 2.26. The van der Waals surface area contributed by atoms with Crippen LogP contribution >= 0.6 is 0 Å². The average Bonchev–Trinajstić information content (AvgIpc) is 3.21. The minimum absolute atomic E-state index is 0.237. The number of anilines is 1. The molecule has 34 heavy (non-hydrogen) atoms. The molecule has 3 heterocycles. The number of aromatic nitrogens is 4. The van der Waals surface area contributed by atoms with E-state index in [4.69, 9.17) is 9.72 Å². The van der Waals surface area contributed by atoms with Gasteiger partial charge in [0, 0.05) is 24.8 Å². The van der Waals surface area contributed by atoms with Crippen LogP contribution in [-0.2, 0) is 0 Å². The number of H-pyrrole nitrogens is 1. The number of likely N-dealkylation sites (tertiary alicyclic amines) is 1. The zero-order chi connectivity index (χ0) is 23.8. The van der Waals surface area contributed by atoms with Gasteiger partial charge in [-0.3, -0.25) is 4.79 Å². The summed E-state index contributed by atoms with van der Waals surface area (Å²) in [6.45, 7) is 4.08. The number of ether oxygens (including phenoxy) is 1. The zero-order valence-electron chi connectivity index (χ0n) is 20.1. The predicted molar refractivity (Wildman–Crippen MR) is 135 cm³/mol. The Labute approximate surface area is 198 Å². The normalized spacial score (nSPS) is 15.1. The van der Waals surface area contributed by atoms with Crippen molar-refractivity contribution in [3.05, 3.63) is 64.6 Å². The van der Waals surface area contributed by atoms with Gasteiger partial charge < -0.3 is 19.5 Å². The maximum Gasteiger partial charge on any atom is 0.277 e. The second-order valence-electron chi connectivity index (χ2n) is 8.97. The van der Waals surface area contributed by atoms with E-state index in [1.807, 2.05) is 49.4 Å². The molecule has 8 nitrogen and oxygen atoms in total. The minimum Gasteiger partial charge on any atom is -0.496 e. The summed E-state index contributed by atoms with van der Waals surface area (Å²) in [4.78, 5) is 25.6. The Morgan fingerprint density at radius 1 is 1.12 bits per heavy atom. The fourth-order valence-corrected chi connectivity index (χ4v) is 4.73. The molecule has 0 amide bonds. The number of hydrogen-bond donors (Lipinski definition) is 1. The van der Waals surface area contributed by atoms with E-state index in [0.29, 0.717) is 34.3 Å². The average molecular weight is 459 g/mol. The molecule has 1 saturated heterocycles. The molecule has 5 rings (SSSR count). The Kier molecular flexibility index (Phi) is 5.83. The highest BCUT2D eigenvalue weighted by Crippen LogP contribution is 2.33. The van der Waals surface area contributed by atoms with Gasteiger partial charge in [0.1, 0.15) is 17.1 Å². The quantitative estimate of drug-likeness (QED) is 0.492. The van der Waals surface area contributed by atoms with Crippen LogP contribution in [0.15, 0.2) is 53.3 Å². The number of piperidine rings is 1. The number of fused-ring (bicyclic) bond motifs is 1. The van der Waals surface area contributed by atoms with Gasteiger partial charge in [-0.1, -0.05) is 18.2 Å². The summed E-state index contributed by atoms with van der Waals surface area (Å²) < 4.78 is 7.38. The number of nitrogens with one attached hydrogen (secondary N) is 1. The number of rotatable bonds is 5. The molecular weight excluding hydrogens is 428 g/mol. The van der Waals surface area contributed by atoms with E-state index in [2.05, 4.69) is 40.0 Å². The minimum atomic E-state index is -0.237. The van der Waals surface area contributed by atoms with Gasteiger partial charge in [-0.05, 0) is 64.2 Å². The van der Waals surface area contributed by atoms with Crippen LogP contribution in [0.3, 0.4) is 0 Å². The van der Waals surface area contributed by atoms with E-state index in [1.54, 1.807) is 11.8 Å². The maximum absolute atomic E-state index is 13.2. The van der Waals surface area contributed by atoms with Crippen molar-refractivity contribution in [2.45, 2.75) is 25.8 Å². The topological polar surface area (TPSA) is 79.3 Å². The van der Waals surface area contributed by atoms with Crippen molar-refractivity contribution in [2.24, 2.45) is 0 Å². The second kappa shape index (κ2) is 8.95. The van der Waals surface area contributed by atoms with Gasteiger partial charge >= 0.3 is 0 Å². The number of nitrogens with zero attached hydrogens (tertiary/aromatic N) is 5. The van der Waals surface area contributed by atoms with Gasteiger partial charge in [0.2, 0.25) is 0 Å². The monoisotopic (exact) mass is 458 g/mol. The van der Waals surface area contributed by atoms with Gasteiger partial charge in [-0.25, -0.2) is 9.67 Å². The first-order chi connectivity index (χ1) is 16.5. The fourth-order valence-electron chi connectivity index (χ4n) is 4.73. The summed E-state index contributed by atoms with van der Waals surface area (Å²) >= 11 is 0. The highest BCUT2D eigenvalue weighted by Gasteiger charge is 2.23. The molecule has 0 unspecified atom stereocenters. The lowest BCUT2D eigenvalue weighted by Crippen LogP contribution is -2.41. The largest absolute Gasteiger partial charge is 0.496 e. The van der Waals surface area contributed by atoms with Crippen LogP contribution in [0.1, 0.15) is 18.5 Å². The number of aryl methyl sites for hydroxylation is 1. The molecule has 0 saturated carbocycles. The third kappa shape index (κ3) is 3.94. The molecule has 0 atom stereocenters. The first-order valence-electron chi connectivity index (χ1n) is 11.6. The fraction of sp³-hybridized carbons (Fsp3) is 0.346. The maximum atomic E-state index is 13.2. The lowest BCUT2D eigenvalue weighted by atomic mass is 10.0. The van der Waals surface area contributed by atoms with Crippen molar-refractivity contribution in [2.75, 3.05) is 39.2 Å². The number of methoxy groups -OCH3 is 1. The number of benzene rings is 2. The van der Waals surface area contributed by atoms with Crippen LogP contribution in [0.4, 0.5) is 5.69 Å². The van der Waals surface area contributed by atoms with Gasteiger partial charge in [0.15, 0.2) is 5.52 Å². The van der Waals surface area contributed by atoms with E-state index in [1.165, 1.54) is 0 Å². The molecule has 0 radical (unpaired) electrons. The van der Waals surface area contributed by atoms with Crippen LogP contribution in [0, 0.1) is 6.92 Å². The Morgan fingerprint density at radius 3 is 2.56 bits per heavy atom. The van der Waals surface area contributed by atoms with E-state index in [0.717, 1.165) is 42.9 Å². The number of hydrogen-bond acceptors (Lipinski definition) is 6. The molecular formula is C26H30N6O2. The van der Waals surface area contributed by atoms with Crippen LogP contribution < -0.4 is 15.2 Å². The van der Waals surface area contributed by atoms with Gasteiger partial charge in [-0.2, -0.15) is 5.10 Å². The Balaban J connectivity index is 1.53. The highest BCUT2D eigenvalue weighted by molar-refractivity contribution is 5.81. The number of para-hydroxylation sites is 1. The van der Waals surface area contributed by atoms with Crippen LogP contribution in [-0.4, -0.2) is 65.0 Å². The first-order valence-corrected chi connectivity index (χ1v) is 11.6. The van der Waals surface area contributed by atoms with Gasteiger partial charge in [-0.15, -0.1) is 0 Å². The molecule has 4 aromatic rings. The van der Waals surface area contributed by atoms with Crippen molar-refractivity contribution in [3.63, 3.8) is 0 Å². The third-order valence-corrected chi connectivity index (χ3v) is 6.78. The van der Waals surface area contributed by atoms with Gasteiger partial charge in [0.05, 0.1) is 24.1 Å². The highest BCUT2D eigenvalue weighted by atomic mass is 16.5. The molecule has 1 aliphatic rings. The molecule has 176 valence electrons. The van der Waals surface area contributed by atoms with Crippen molar-refractivity contribution in [1.29, 1.82) is 0 Å². The molecule has 1 N–H and O–H groups in total. The smallest absolute Gasteiger partial charge is 0.277 e. The van der Waals surface area contributed by atoms with E-state index in [9.17, 15) is 4.79 Å². The molecule has 1 fully saturated rings. The molecule has 1 aliphatic heterocycles. The van der Waals surface area contributed by atoms with Crippen LogP contribution in [0.25, 0.3) is 28.1 Å². The summed E-state index contributed by atoms with van der Waals surface area (Å²) in [7, 11) is 5.95. The summed E-state index contributed by atoms with van der Waals surface area (Å²) in [6, 6.07) is 16.2. The summed E-state index contributed by atoms with van der Waals surface area (Å²) in [5, 5.41) is 4.59. The van der Waals surface area contributed by atoms with Crippen molar-refractivity contribution < 1.29 is 4.74 Å². The van der Waals surface area contributed by atoms with Crippen molar-refractivity contribution in [1.82, 2.24) is 24.6 Å². The summed E-state index contributed by atoms with van der Waals surface area (Å²) in [5.74, 6) is 1.14. The van der Waals surface area contributed by atoms with E-state index in [-0.39, 0.29) is 5.56 Å². The zero-order valence-corrected chi connectivity index (χ0v) is 20.1. The molecule has 2 aromatic heterocycles.